The summed E-state index contributed by atoms with van der Waals surface area (Å²) >= 11 is 0. The molecule has 0 aromatic carbocycles. The molecule has 0 radical (unpaired) electrons. The highest BCUT2D eigenvalue weighted by Gasteiger charge is 2.25. The molecule has 0 unspecified atom stereocenters. The van der Waals surface area contributed by atoms with Crippen molar-refractivity contribution >= 4 is 0 Å². The summed E-state index contributed by atoms with van der Waals surface area (Å²) in [5, 5.41) is 0. The van der Waals surface area contributed by atoms with Crippen molar-refractivity contribution in [1.29, 1.82) is 0 Å². The van der Waals surface area contributed by atoms with Crippen LogP contribution >= 0.6 is 0 Å². The van der Waals surface area contributed by atoms with Gasteiger partial charge >= 0.3 is 0 Å². The average molecular weight is 790 g/mol. The second kappa shape index (κ2) is 49.3. The smallest absolute Gasteiger partial charge is 0.0786 e. The van der Waals surface area contributed by atoms with Crippen LogP contribution in [0.25, 0.3) is 0 Å². The van der Waals surface area contributed by atoms with E-state index in [1.54, 1.807) is 0 Å². The molecule has 0 spiro atoms. The van der Waals surface area contributed by atoms with E-state index in [-0.39, 0.29) is 0 Å². The Hall–Kier alpha value is -0.0400. The molecule has 0 saturated carbocycles. The van der Waals surface area contributed by atoms with Crippen LogP contribution in [0.3, 0.4) is 0 Å². The summed E-state index contributed by atoms with van der Waals surface area (Å²) in [7, 11) is 0. The predicted molar refractivity (Wildman–Crippen MR) is 259 cm³/mol. The highest BCUT2D eigenvalue weighted by atomic mass is 15.3. The van der Waals surface area contributed by atoms with Gasteiger partial charge in [0.05, 0.1) is 26.2 Å². The third-order valence-electron chi connectivity index (χ3n) is 13.7. The van der Waals surface area contributed by atoms with Crippen LogP contribution < -0.4 is 0 Å². The fourth-order valence-electron chi connectivity index (χ4n) is 9.65. The first-order valence-corrected chi connectivity index (χ1v) is 27.6. The second-order valence-corrected chi connectivity index (χ2v) is 19.4. The van der Waals surface area contributed by atoms with Gasteiger partial charge in [-0.25, -0.2) is 0 Å². The Kier molecular flexibility index (Phi) is 49.3. The summed E-state index contributed by atoms with van der Waals surface area (Å²) in [5.74, 6) is 0. The summed E-state index contributed by atoms with van der Waals surface area (Å²) < 4.78 is 1.49. The summed E-state index contributed by atoms with van der Waals surface area (Å²) in [4.78, 5) is 0. The Morgan fingerprint density at radius 1 is 0.143 bits per heavy atom. The largest absolute Gasteiger partial charge is 0.324 e. The lowest BCUT2D eigenvalue weighted by Crippen LogP contribution is -2.50. The summed E-state index contributed by atoms with van der Waals surface area (Å²) in [6.07, 6.45) is 69.2. The molecule has 338 valence electrons. The van der Waals surface area contributed by atoms with E-state index in [2.05, 4.69) is 27.7 Å². The molecule has 0 rings (SSSR count). The molecule has 0 amide bonds. The van der Waals surface area contributed by atoms with E-state index in [1.165, 1.54) is 332 Å². The van der Waals surface area contributed by atoms with E-state index in [9.17, 15) is 0 Å². The maximum atomic E-state index is 2.34. The van der Waals surface area contributed by atoms with Gasteiger partial charge in [0.15, 0.2) is 0 Å². The molecule has 1 heteroatoms. The summed E-state index contributed by atoms with van der Waals surface area (Å²) in [5.41, 5.74) is 0. The van der Waals surface area contributed by atoms with Gasteiger partial charge < -0.3 is 4.48 Å². The van der Waals surface area contributed by atoms with E-state index in [0.29, 0.717) is 0 Å². The molecule has 56 heavy (non-hydrogen) atoms. The minimum Gasteiger partial charge on any atom is -0.324 e. The quantitative estimate of drug-likeness (QED) is 0.0425. The van der Waals surface area contributed by atoms with Crippen molar-refractivity contribution in [3.63, 3.8) is 0 Å². The molecular weight excluding hydrogens is 675 g/mol. The summed E-state index contributed by atoms with van der Waals surface area (Å²) in [6.45, 7) is 15.3. The van der Waals surface area contributed by atoms with E-state index >= 15 is 0 Å². The van der Waals surface area contributed by atoms with Crippen molar-refractivity contribution in [2.75, 3.05) is 26.2 Å². The highest BCUT2D eigenvalue weighted by molar-refractivity contribution is 4.57. The minimum absolute atomic E-state index is 1.37. The number of quaternary nitrogens is 1. The Morgan fingerprint density at radius 3 is 0.375 bits per heavy atom. The Bertz CT molecular complexity index is 601. The average Bonchev–Trinajstić information content (AvgIpc) is 3.21. The van der Waals surface area contributed by atoms with E-state index in [0.717, 1.165) is 0 Å². The minimum atomic E-state index is 1.37. The Labute approximate surface area is 358 Å². The van der Waals surface area contributed by atoms with Crippen LogP contribution in [0.15, 0.2) is 0 Å². The van der Waals surface area contributed by atoms with Gasteiger partial charge in [0.25, 0.3) is 0 Å². The van der Waals surface area contributed by atoms with E-state index < -0.39 is 0 Å². The van der Waals surface area contributed by atoms with E-state index in [1.807, 2.05) is 0 Å². The maximum Gasteiger partial charge on any atom is 0.0786 e. The van der Waals surface area contributed by atoms with Crippen LogP contribution in [-0.2, 0) is 0 Å². The number of hydrogen-bond donors (Lipinski definition) is 0. The third-order valence-corrected chi connectivity index (χ3v) is 13.7. The standard InChI is InChI=1S/C55H114N/c1-5-9-13-17-21-25-29-33-37-41-45-49-53-56(52-48-44-40-36-32-28-24-20-16-12-8-4,54-50-46-42-38-34-30-26-22-18-14-10-6-2)55-51-47-43-39-35-31-27-23-19-15-11-7-3/h5-55H2,1-4H3/q+1. The normalized spacial score (nSPS) is 12.0. The molecule has 0 atom stereocenters. The van der Waals surface area contributed by atoms with Crippen LogP contribution in [0, 0.1) is 0 Å². The van der Waals surface area contributed by atoms with Gasteiger partial charge in [0, 0.05) is 0 Å². The van der Waals surface area contributed by atoms with E-state index in [4.69, 9.17) is 0 Å². The van der Waals surface area contributed by atoms with Gasteiger partial charge in [0.2, 0.25) is 0 Å². The molecule has 0 saturated heterocycles. The van der Waals surface area contributed by atoms with Crippen LogP contribution in [-0.4, -0.2) is 30.7 Å². The number of nitrogens with zero attached hydrogens (tertiary/aromatic N) is 1. The summed E-state index contributed by atoms with van der Waals surface area (Å²) in [6, 6.07) is 0. The second-order valence-electron chi connectivity index (χ2n) is 19.4. The molecule has 0 aromatic rings. The van der Waals surface area contributed by atoms with Gasteiger partial charge in [0.1, 0.15) is 0 Å². The molecule has 0 N–H and O–H groups in total. The SMILES string of the molecule is CCCCCCCCCCCCCC[N+](CCCCCCCCCCCCC)(CCCCCCCCCCCCCC)CCCCCCCCCCCCCC. The Balaban J connectivity index is 4.90. The lowest BCUT2D eigenvalue weighted by molar-refractivity contribution is -0.929. The first kappa shape index (κ1) is 56.0. The van der Waals surface area contributed by atoms with Crippen LogP contribution in [0.2, 0.25) is 0 Å². The highest BCUT2D eigenvalue weighted by Crippen LogP contribution is 2.22. The zero-order valence-corrected chi connectivity index (χ0v) is 40.5. The molecule has 0 heterocycles. The van der Waals surface area contributed by atoms with Crippen molar-refractivity contribution in [3.05, 3.63) is 0 Å². The van der Waals surface area contributed by atoms with Crippen molar-refractivity contribution in [3.8, 4) is 0 Å². The molecular formula is C55H114N+. The molecule has 0 aromatic heterocycles. The topological polar surface area (TPSA) is 0 Å². The zero-order valence-electron chi connectivity index (χ0n) is 40.5. The zero-order chi connectivity index (χ0) is 40.6. The fraction of sp³-hybridized carbons (Fsp3) is 1.00. The van der Waals surface area contributed by atoms with Gasteiger partial charge in [-0.2, -0.15) is 0 Å². The van der Waals surface area contributed by atoms with Gasteiger partial charge in [-0.05, 0) is 51.4 Å². The van der Waals surface area contributed by atoms with Crippen molar-refractivity contribution in [2.45, 2.75) is 329 Å². The van der Waals surface area contributed by atoms with Crippen molar-refractivity contribution < 1.29 is 4.48 Å². The van der Waals surface area contributed by atoms with Crippen LogP contribution in [0.4, 0.5) is 0 Å². The van der Waals surface area contributed by atoms with Crippen molar-refractivity contribution in [2.24, 2.45) is 0 Å². The molecule has 1 nitrogen and oxygen atoms in total. The number of unbranched alkanes of at least 4 members (excludes halogenated alkanes) is 43. The third kappa shape index (κ3) is 43.5. The molecule has 0 aliphatic rings. The molecule has 0 bridgehead atoms. The molecule has 0 fully saturated rings. The molecule has 0 aliphatic carbocycles. The monoisotopic (exact) mass is 789 g/mol. The molecule has 0 aliphatic heterocycles. The van der Waals surface area contributed by atoms with Crippen molar-refractivity contribution in [1.82, 2.24) is 0 Å². The maximum absolute atomic E-state index is 2.34. The van der Waals surface area contributed by atoms with Crippen LogP contribution in [0.1, 0.15) is 329 Å². The lowest BCUT2D eigenvalue weighted by Gasteiger charge is -2.40. The predicted octanol–water partition coefficient (Wildman–Crippen LogP) is 20.2. The first-order chi connectivity index (χ1) is 27.7. The first-order valence-electron chi connectivity index (χ1n) is 27.6. The number of rotatable bonds is 51. The Morgan fingerprint density at radius 2 is 0.250 bits per heavy atom. The fourth-order valence-corrected chi connectivity index (χ4v) is 9.65. The van der Waals surface area contributed by atoms with Gasteiger partial charge in [-0.15, -0.1) is 0 Å². The van der Waals surface area contributed by atoms with Gasteiger partial charge in [-0.1, -0.05) is 278 Å². The van der Waals surface area contributed by atoms with Crippen LogP contribution in [0.5, 0.6) is 0 Å². The van der Waals surface area contributed by atoms with Gasteiger partial charge in [-0.3, -0.25) is 0 Å². The lowest BCUT2D eigenvalue weighted by atomic mass is 10.0. The number of hydrogen-bond acceptors (Lipinski definition) is 0.